The second-order valence-corrected chi connectivity index (χ2v) is 8.42. The van der Waals surface area contributed by atoms with Gasteiger partial charge in [-0.3, -0.25) is 4.79 Å². The Morgan fingerprint density at radius 2 is 1.74 bits per heavy atom. The van der Waals surface area contributed by atoms with Crippen LogP contribution < -0.4 is 20.7 Å². The van der Waals surface area contributed by atoms with Gasteiger partial charge < -0.3 is 20.7 Å². The monoisotopic (exact) mass is 471 g/mol. The SMILES string of the molecule is COc1ccccc1NC(=S)Nc1cccc(SCC(=O)Nc2cccc(Cl)c2C)c1. The Labute approximate surface area is 196 Å². The molecule has 0 heterocycles. The summed E-state index contributed by atoms with van der Waals surface area (Å²) in [6.45, 7) is 1.88. The molecule has 3 rings (SSSR count). The molecule has 3 N–H and O–H groups in total. The van der Waals surface area contributed by atoms with E-state index < -0.39 is 0 Å². The fourth-order valence-corrected chi connectivity index (χ4v) is 3.93. The highest BCUT2D eigenvalue weighted by Gasteiger charge is 2.09. The average molecular weight is 472 g/mol. The highest BCUT2D eigenvalue weighted by molar-refractivity contribution is 8.00. The van der Waals surface area contributed by atoms with Gasteiger partial charge in [-0.1, -0.05) is 35.9 Å². The van der Waals surface area contributed by atoms with Crippen LogP contribution in [0.3, 0.4) is 0 Å². The van der Waals surface area contributed by atoms with Crippen molar-refractivity contribution >= 4 is 63.7 Å². The number of para-hydroxylation sites is 2. The number of halogens is 1. The van der Waals surface area contributed by atoms with Crippen molar-refractivity contribution in [1.82, 2.24) is 0 Å². The zero-order valence-electron chi connectivity index (χ0n) is 17.1. The third-order valence-electron chi connectivity index (χ3n) is 4.36. The number of amides is 1. The molecule has 3 aromatic carbocycles. The van der Waals surface area contributed by atoms with E-state index in [9.17, 15) is 4.79 Å². The molecule has 0 aliphatic rings. The first kappa shape index (κ1) is 22.9. The molecule has 0 saturated carbocycles. The van der Waals surface area contributed by atoms with Gasteiger partial charge in [-0.05, 0) is 67.2 Å². The van der Waals surface area contributed by atoms with Gasteiger partial charge in [-0.2, -0.15) is 0 Å². The standard InChI is InChI=1S/C23H22ClN3O2S2/c1-15-18(24)9-6-11-19(15)26-22(28)14-31-17-8-5-7-16(13-17)25-23(30)27-20-10-3-4-12-21(20)29-2/h3-13H,14H2,1-2H3,(H,26,28)(H2,25,27,30). The van der Waals surface area contributed by atoms with Crippen LogP contribution in [0.25, 0.3) is 0 Å². The van der Waals surface area contributed by atoms with Gasteiger partial charge in [0.05, 0.1) is 18.6 Å². The number of methoxy groups -OCH3 is 1. The summed E-state index contributed by atoms with van der Waals surface area (Å²) in [7, 11) is 1.61. The van der Waals surface area contributed by atoms with E-state index in [2.05, 4.69) is 16.0 Å². The van der Waals surface area contributed by atoms with E-state index in [4.69, 9.17) is 28.6 Å². The van der Waals surface area contributed by atoms with Crippen molar-refractivity contribution in [3.05, 3.63) is 77.3 Å². The summed E-state index contributed by atoms with van der Waals surface area (Å²) in [4.78, 5) is 13.3. The second-order valence-electron chi connectivity index (χ2n) is 6.56. The first-order valence-corrected chi connectivity index (χ1v) is 11.2. The molecule has 1 amide bonds. The second kappa shape index (κ2) is 11.0. The highest BCUT2D eigenvalue weighted by Crippen LogP contribution is 2.26. The number of hydrogen-bond donors (Lipinski definition) is 3. The van der Waals surface area contributed by atoms with E-state index in [1.807, 2.05) is 67.6 Å². The topological polar surface area (TPSA) is 62.4 Å². The lowest BCUT2D eigenvalue weighted by Gasteiger charge is -2.14. The molecule has 3 aromatic rings. The normalized spacial score (nSPS) is 10.3. The molecule has 0 aliphatic carbocycles. The number of thioether (sulfide) groups is 1. The summed E-state index contributed by atoms with van der Waals surface area (Å²) < 4.78 is 5.33. The lowest BCUT2D eigenvalue weighted by Crippen LogP contribution is -2.19. The number of benzene rings is 3. The van der Waals surface area contributed by atoms with E-state index in [0.717, 1.165) is 27.5 Å². The average Bonchev–Trinajstić information content (AvgIpc) is 2.76. The van der Waals surface area contributed by atoms with Crippen molar-refractivity contribution in [2.45, 2.75) is 11.8 Å². The molecule has 0 atom stereocenters. The van der Waals surface area contributed by atoms with Crippen LogP contribution in [0.2, 0.25) is 5.02 Å². The Morgan fingerprint density at radius 1 is 1.00 bits per heavy atom. The van der Waals surface area contributed by atoms with Gasteiger partial charge in [0.25, 0.3) is 0 Å². The minimum absolute atomic E-state index is 0.0953. The van der Waals surface area contributed by atoms with Crippen LogP contribution in [0.1, 0.15) is 5.56 Å². The maximum Gasteiger partial charge on any atom is 0.234 e. The van der Waals surface area contributed by atoms with Gasteiger partial charge in [-0.15, -0.1) is 11.8 Å². The predicted molar refractivity (Wildman–Crippen MR) is 135 cm³/mol. The van der Waals surface area contributed by atoms with Gasteiger partial charge in [0, 0.05) is 21.3 Å². The zero-order chi connectivity index (χ0) is 22.2. The summed E-state index contributed by atoms with van der Waals surface area (Å²) in [6, 6.07) is 20.7. The molecule has 0 unspecified atom stereocenters. The van der Waals surface area contributed by atoms with Gasteiger partial charge in [-0.25, -0.2) is 0 Å². The van der Waals surface area contributed by atoms with Gasteiger partial charge >= 0.3 is 0 Å². The Bertz CT molecular complexity index is 1090. The Kier molecular flexibility index (Phi) is 8.17. The van der Waals surface area contributed by atoms with E-state index in [0.29, 0.717) is 15.9 Å². The molecule has 0 saturated heterocycles. The number of anilines is 3. The van der Waals surface area contributed by atoms with Crippen LogP contribution in [0.5, 0.6) is 5.75 Å². The van der Waals surface area contributed by atoms with Crippen molar-refractivity contribution in [3.8, 4) is 5.75 Å². The highest BCUT2D eigenvalue weighted by atomic mass is 35.5. The molecular weight excluding hydrogens is 450 g/mol. The third-order valence-corrected chi connectivity index (χ3v) is 5.97. The molecular formula is C23H22ClN3O2S2. The molecule has 0 spiro atoms. The maximum absolute atomic E-state index is 12.3. The molecule has 31 heavy (non-hydrogen) atoms. The number of rotatable bonds is 7. The Morgan fingerprint density at radius 3 is 2.55 bits per heavy atom. The van der Waals surface area contributed by atoms with E-state index >= 15 is 0 Å². The van der Waals surface area contributed by atoms with E-state index in [1.54, 1.807) is 13.2 Å². The lowest BCUT2D eigenvalue weighted by molar-refractivity contribution is -0.113. The largest absolute Gasteiger partial charge is 0.495 e. The molecule has 5 nitrogen and oxygen atoms in total. The van der Waals surface area contributed by atoms with Crippen LogP contribution in [0.4, 0.5) is 17.1 Å². The molecule has 0 radical (unpaired) electrons. The van der Waals surface area contributed by atoms with Gasteiger partial charge in [0.15, 0.2) is 5.11 Å². The fraction of sp³-hybridized carbons (Fsp3) is 0.130. The van der Waals surface area contributed by atoms with E-state index in [-0.39, 0.29) is 11.7 Å². The lowest BCUT2D eigenvalue weighted by atomic mass is 10.2. The smallest absolute Gasteiger partial charge is 0.234 e. The quantitative estimate of drug-likeness (QED) is 0.282. The summed E-state index contributed by atoms with van der Waals surface area (Å²) in [5.41, 5.74) is 3.18. The predicted octanol–water partition coefficient (Wildman–Crippen LogP) is 6.20. The first-order valence-electron chi connectivity index (χ1n) is 9.45. The van der Waals surface area contributed by atoms with Crippen molar-refractivity contribution in [3.63, 3.8) is 0 Å². The maximum atomic E-state index is 12.3. The number of carbonyl (C=O) groups excluding carboxylic acids is 1. The molecule has 0 fully saturated rings. The number of ether oxygens (including phenoxy) is 1. The summed E-state index contributed by atoms with van der Waals surface area (Å²) >= 11 is 13.0. The van der Waals surface area contributed by atoms with Crippen LogP contribution in [0.15, 0.2) is 71.6 Å². The number of thiocarbonyl (C=S) groups is 1. The van der Waals surface area contributed by atoms with Gasteiger partial charge in [0.1, 0.15) is 5.75 Å². The molecule has 0 bridgehead atoms. The van der Waals surface area contributed by atoms with Crippen LogP contribution in [0, 0.1) is 6.92 Å². The van der Waals surface area contributed by atoms with Crippen molar-refractivity contribution in [2.75, 3.05) is 28.8 Å². The summed E-state index contributed by atoms with van der Waals surface area (Å²) in [6.07, 6.45) is 0. The van der Waals surface area contributed by atoms with Crippen LogP contribution in [-0.4, -0.2) is 23.9 Å². The summed E-state index contributed by atoms with van der Waals surface area (Å²) in [5, 5.41) is 10.3. The van der Waals surface area contributed by atoms with Crippen LogP contribution in [-0.2, 0) is 4.79 Å². The van der Waals surface area contributed by atoms with E-state index in [1.165, 1.54) is 11.8 Å². The Hall–Kier alpha value is -2.74. The number of nitrogens with one attached hydrogen (secondary N) is 3. The van der Waals surface area contributed by atoms with Gasteiger partial charge in [0.2, 0.25) is 5.91 Å². The fourth-order valence-electron chi connectivity index (χ4n) is 2.77. The van der Waals surface area contributed by atoms with Crippen molar-refractivity contribution < 1.29 is 9.53 Å². The molecule has 0 aliphatic heterocycles. The molecule has 160 valence electrons. The van der Waals surface area contributed by atoms with Crippen LogP contribution >= 0.6 is 35.6 Å². The summed E-state index contributed by atoms with van der Waals surface area (Å²) in [5.74, 6) is 0.887. The molecule has 0 aromatic heterocycles. The minimum atomic E-state index is -0.0953. The third kappa shape index (κ3) is 6.62. The van der Waals surface area contributed by atoms with Crippen molar-refractivity contribution in [1.29, 1.82) is 0 Å². The number of carbonyl (C=O) groups is 1. The number of hydrogen-bond acceptors (Lipinski definition) is 4. The zero-order valence-corrected chi connectivity index (χ0v) is 19.5. The first-order chi connectivity index (χ1) is 15.0. The van der Waals surface area contributed by atoms with Crippen molar-refractivity contribution in [2.24, 2.45) is 0 Å². The molecule has 8 heteroatoms. The minimum Gasteiger partial charge on any atom is -0.495 e. The Balaban J connectivity index is 1.55.